The maximum atomic E-state index is 11.7. The third-order valence-electron chi connectivity index (χ3n) is 2.94. The molecule has 5 nitrogen and oxygen atoms in total. The zero-order chi connectivity index (χ0) is 15.1. The van der Waals surface area contributed by atoms with E-state index in [9.17, 15) is 9.90 Å². The van der Waals surface area contributed by atoms with E-state index in [4.69, 9.17) is 4.74 Å². The molecular formula is C16H18N2O3. The predicted molar refractivity (Wildman–Crippen MR) is 80.4 cm³/mol. The van der Waals surface area contributed by atoms with Gasteiger partial charge in [-0.15, -0.1) is 0 Å². The highest BCUT2D eigenvalue weighted by molar-refractivity contribution is 5.90. The fraction of sp³-hybridized carbons (Fsp3) is 0.250. The number of hydrogen-bond donors (Lipinski definition) is 2. The van der Waals surface area contributed by atoms with E-state index in [0.29, 0.717) is 19.4 Å². The number of aromatic nitrogens is 1. The van der Waals surface area contributed by atoms with Crippen molar-refractivity contribution in [1.29, 1.82) is 0 Å². The van der Waals surface area contributed by atoms with Crippen molar-refractivity contribution in [2.24, 2.45) is 0 Å². The molecule has 0 fully saturated rings. The van der Waals surface area contributed by atoms with E-state index in [0.717, 1.165) is 11.3 Å². The number of rotatable bonds is 6. The molecule has 5 heteroatoms. The second-order valence-corrected chi connectivity index (χ2v) is 4.64. The molecule has 0 saturated heterocycles. The number of para-hydroxylation sites is 1. The minimum Gasteiger partial charge on any atom is -0.504 e. The van der Waals surface area contributed by atoms with Crippen LogP contribution < -0.4 is 10.1 Å². The second kappa shape index (κ2) is 7.28. The molecular weight excluding hydrogens is 268 g/mol. The lowest BCUT2D eigenvalue weighted by Gasteiger charge is -2.09. The summed E-state index contributed by atoms with van der Waals surface area (Å²) in [7, 11) is 0. The largest absolute Gasteiger partial charge is 0.504 e. The van der Waals surface area contributed by atoms with Crippen LogP contribution in [0.5, 0.6) is 11.5 Å². The molecule has 2 rings (SSSR count). The molecule has 1 heterocycles. The summed E-state index contributed by atoms with van der Waals surface area (Å²) in [5.41, 5.74) is 1.07. The van der Waals surface area contributed by atoms with Crippen molar-refractivity contribution in [2.75, 3.05) is 11.9 Å². The Morgan fingerprint density at radius 2 is 2.10 bits per heavy atom. The molecule has 0 spiro atoms. The monoisotopic (exact) mass is 286 g/mol. The number of benzene rings is 1. The van der Waals surface area contributed by atoms with Gasteiger partial charge in [0.25, 0.3) is 0 Å². The van der Waals surface area contributed by atoms with Gasteiger partial charge in [-0.25, -0.2) is 4.98 Å². The topological polar surface area (TPSA) is 71.5 Å². The molecule has 0 aliphatic carbocycles. The van der Waals surface area contributed by atoms with Crippen LogP contribution in [0.3, 0.4) is 0 Å². The number of hydrogen-bond acceptors (Lipinski definition) is 4. The summed E-state index contributed by atoms with van der Waals surface area (Å²) in [5, 5.41) is 12.1. The van der Waals surface area contributed by atoms with E-state index in [2.05, 4.69) is 10.3 Å². The summed E-state index contributed by atoms with van der Waals surface area (Å²) < 4.78 is 5.62. The standard InChI is InChI=1S/C16H18N2O3/c1-12-6-2-3-8-14(12)21-11-5-9-15(20)18-16-13(19)7-4-10-17-16/h2-4,6-8,10,19H,5,9,11H2,1H3,(H,17,18,20). The molecule has 0 unspecified atom stereocenters. The Labute approximate surface area is 123 Å². The third kappa shape index (κ3) is 4.49. The van der Waals surface area contributed by atoms with Crippen molar-refractivity contribution >= 4 is 11.7 Å². The quantitative estimate of drug-likeness (QED) is 0.801. The highest BCUT2D eigenvalue weighted by Gasteiger charge is 2.07. The number of amides is 1. The summed E-state index contributed by atoms with van der Waals surface area (Å²) in [6.45, 7) is 2.44. The Bertz CT molecular complexity index is 614. The molecule has 0 bridgehead atoms. The fourth-order valence-electron chi connectivity index (χ4n) is 1.82. The molecule has 2 N–H and O–H groups in total. The number of nitrogens with one attached hydrogen (secondary N) is 1. The number of carbonyl (C=O) groups is 1. The van der Waals surface area contributed by atoms with E-state index >= 15 is 0 Å². The molecule has 1 amide bonds. The summed E-state index contributed by atoms with van der Waals surface area (Å²) in [6.07, 6.45) is 2.41. The molecule has 0 aliphatic rings. The minimum atomic E-state index is -0.197. The van der Waals surface area contributed by atoms with Gasteiger partial charge in [0.15, 0.2) is 11.6 Å². The van der Waals surface area contributed by atoms with Gasteiger partial charge in [0.2, 0.25) is 5.91 Å². The molecule has 1 aromatic heterocycles. The summed E-state index contributed by atoms with van der Waals surface area (Å²) in [4.78, 5) is 15.6. The van der Waals surface area contributed by atoms with Crippen molar-refractivity contribution in [3.63, 3.8) is 0 Å². The van der Waals surface area contributed by atoms with E-state index in [1.807, 2.05) is 31.2 Å². The van der Waals surface area contributed by atoms with Crippen LogP contribution in [0.1, 0.15) is 18.4 Å². The maximum absolute atomic E-state index is 11.7. The molecule has 0 atom stereocenters. The lowest BCUT2D eigenvalue weighted by molar-refractivity contribution is -0.116. The van der Waals surface area contributed by atoms with Crippen molar-refractivity contribution in [2.45, 2.75) is 19.8 Å². The van der Waals surface area contributed by atoms with Gasteiger partial charge >= 0.3 is 0 Å². The van der Waals surface area contributed by atoms with E-state index < -0.39 is 0 Å². The minimum absolute atomic E-state index is 0.0398. The predicted octanol–water partition coefficient (Wildman–Crippen LogP) is 2.89. The SMILES string of the molecule is Cc1ccccc1OCCCC(=O)Nc1ncccc1O. The van der Waals surface area contributed by atoms with Gasteiger partial charge in [0.05, 0.1) is 6.61 Å². The molecule has 21 heavy (non-hydrogen) atoms. The lowest BCUT2D eigenvalue weighted by Crippen LogP contribution is -2.13. The van der Waals surface area contributed by atoms with Crippen LogP contribution in [-0.2, 0) is 4.79 Å². The Balaban J connectivity index is 1.73. The second-order valence-electron chi connectivity index (χ2n) is 4.64. The van der Waals surface area contributed by atoms with Crippen LogP contribution in [0, 0.1) is 6.92 Å². The van der Waals surface area contributed by atoms with Crippen LogP contribution in [0.25, 0.3) is 0 Å². The number of nitrogens with zero attached hydrogens (tertiary/aromatic N) is 1. The number of aryl methyl sites for hydroxylation is 1. The van der Waals surface area contributed by atoms with E-state index in [1.165, 1.54) is 12.3 Å². The van der Waals surface area contributed by atoms with Crippen molar-refractivity contribution < 1.29 is 14.6 Å². The first-order valence-electron chi connectivity index (χ1n) is 6.79. The van der Waals surface area contributed by atoms with Gasteiger partial charge in [0.1, 0.15) is 5.75 Å². The van der Waals surface area contributed by atoms with Gasteiger partial charge in [0, 0.05) is 12.6 Å². The molecule has 0 aliphatic heterocycles. The van der Waals surface area contributed by atoms with Crippen LogP contribution in [0.15, 0.2) is 42.6 Å². The summed E-state index contributed by atoms with van der Waals surface area (Å²) in [6, 6.07) is 10.8. The molecule has 110 valence electrons. The molecule has 0 radical (unpaired) electrons. The molecule has 0 saturated carbocycles. The smallest absolute Gasteiger partial charge is 0.225 e. The van der Waals surface area contributed by atoms with Crippen LogP contribution in [0.4, 0.5) is 5.82 Å². The molecule has 2 aromatic rings. The van der Waals surface area contributed by atoms with Gasteiger partial charge in [-0.2, -0.15) is 0 Å². The van der Waals surface area contributed by atoms with Crippen molar-refractivity contribution in [1.82, 2.24) is 4.98 Å². The first-order chi connectivity index (χ1) is 10.2. The zero-order valence-electron chi connectivity index (χ0n) is 11.9. The maximum Gasteiger partial charge on any atom is 0.225 e. The fourth-order valence-corrected chi connectivity index (χ4v) is 1.82. The van der Waals surface area contributed by atoms with Gasteiger partial charge in [-0.05, 0) is 37.1 Å². The Hall–Kier alpha value is -2.56. The van der Waals surface area contributed by atoms with Crippen molar-refractivity contribution in [3.05, 3.63) is 48.2 Å². The number of anilines is 1. The Morgan fingerprint density at radius 1 is 1.29 bits per heavy atom. The van der Waals surface area contributed by atoms with Gasteiger partial charge < -0.3 is 15.2 Å². The first kappa shape index (κ1) is 14.8. The Kier molecular flexibility index (Phi) is 5.15. The third-order valence-corrected chi connectivity index (χ3v) is 2.94. The van der Waals surface area contributed by atoms with E-state index in [1.54, 1.807) is 6.07 Å². The number of carbonyl (C=O) groups excluding carboxylic acids is 1. The summed E-state index contributed by atoms with van der Waals surface area (Å²) >= 11 is 0. The lowest BCUT2D eigenvalue weighted by atomic mass is 10.2. The highest BCUT2D eigenvalue weighted by Crippen LogP contribution is 2.19. The number of pyridine rings is 1. The first-order valence-corrected chi connectivity index (χ1v) is 6.79. The normalized spacial score (nSPS) is 10.1. The van der Waals surface area contributed by atoms with E-state index in [-0.39, 0.29) is 17.5 Å². The summed E-state index contributed by atoms with van der Waals surface area (Å²) in [5.74, 6) is 0.780. The molecule has 1 aromatic carbocycles. The van der Waals surface area contributed by atoms with Crippen LogP contribution in [-0.4, -0.2) is 22.6 Å². The Morgan fingerprint density at radius 3 is 2.86 bits per heavy atom. The van der Waals surface area contributed by atoms with Crippen LogP contribution in [0.2, 0.25) is 0 Å². The number of aromatic hydroxyl groups is 1. The average molecular weight is 286 g/mol. The number of ether oxygens (including phenoxy) is 1. The zero-order valence-corrected chi connectivity index (χ0v) is 11.9. The van der Waals surface area contributed by atoms with Gasteiger partial charge in [-0.1, -0.05) is 18.2 Å². The highest BCUT2D eigenvalue weighted by atomic mass is 16.5. The average Bonchev–Trinajstić information content (AvgIpc) is 2.48. The van der Waals surface area contributed by atoms with Crippen LogP contribution >= 0.6 is 0 Å². The van der Waals surface area contributed by atoms with Crippen molar-refractivity contribution in [3.8, 4) is 11.5 Å². The van der Waals surface area contributed by atoms with Gasteiger partial charge in [-0.3, -0.25) is 4.79 Å².